The lowest BCUT2D eigenvalue weighted by Crippen LogP contribution is -1.79. The SMILES string of the molecule is C1=CC=[N+]C=C1. The predicted molar refractivity (Wildman–Crippen MR) is 26.5 cm³/mol. The number of hydrogen-bond donors (Lipinski definition) is 0. The zero-order valence-corrected chi connectivity index (χ0v) is 3.33. The van der Waals surface area contributed by atoms with Gasteiger partial charge in [-0.05, 0) is 6.08 Å². The van der Waals surface area contributed by atoms with Crippen LogP contribution in [0.4, 0.5) is 0 Å². The molecule has 1 radical (unpaired) electrons. The molecule has 1 rings (SSSR count). The molecule has 1 heteroatoms. The Morgan fingerprint density at radius 1 is 1.00 bits per heavy atom. The Morgan fingerprint density at radius 3 is 2.17 bits per heavy atom. The van der Waals surface area contributed by atoms with Crippen LogP contribution in [0.3, 0.4) is 0 Å². The van der Waals surface area contributed by atoms with Gasteiger partial charge in [0.05, 0.1) is 4.99 Å². The van der Waals surface area contributed by atoms with Crippen molar-refractivity contribution in [1.82, 2.24) is 4.99 Å². The van der Waals surface area contributed by atoms with Crippen molar-refractivity contribution in [2.24, 2.45) is 0 Å². The molecular formula is C5H5N+. The molecule has 0 aliphatic carbocycles. The van der Waals surface area contributed by atoms with Gasteiger partial charge in [-0.15, -0.1) is 0 Å². The van der Waals surface area contributed by atoms with Crippen molar-refractivity contribution in [2.75, 3.05) is 0 Å². The van der Waals surface area contributed by atoms with E-state index in [9.17, 15) is 0 Å². The molecule has 0 aromatic rings. The highest BCUT2D eigenvalue weighted by molar-refractivity contribution is 5.71. The summed E-state index contributed by atoms with van der Waals surface area (Å²) in [7, 11) is 0. The van der Waals surface area contributed by atoms with E-state index in [0.29, 0.717) is 0 Å². The zero-order chi connectivity index (χ0) is 4.24. The van der Waals surface area contributed by atoms with Gasteiger partial charge in [-0.25, -0.2) is 0 Å². The molecule has 0 bridgehead atoms. The van der Waals surface area contributed by atoms with Crippen molar-refractivity contribution in [3.8, 4) is 0 Å². The quantitative estimate of drug-likeness (QED) is 0.401. The monoisotopic (exact) mass is 79.0 g/mol. The van der Waals surface area contributed by atoms with Gasteiger partial charge >= 0.3 is 0 Å². The van der Waals surface area contributed by atoms with E-state index in [4.69, 9.17) is 0 Å². The average Bonchev–Trinajstić information content (AvgIpc) is 1.72. The summed E-state index contributed by atoms with van der Waals surface area (Å²) in [5, 5.41) is 0. The third-order valence-electron chi connectivity index (χ3n) is 0.566. The van der Waals surface area contributed by atoms with Crippen LogP contribution in [0.25, 0.3) is 0 Å². The second-order valence-corrected chi connectivity index (χ2v) is 1.02. The summed E-state index contributed by atoms with van der Waals surface area (Å²) in [5.74, 6) is 0. The van der Waals surface area contributed by atoms with Crippen molar-refractivity contribution in [1.29, 1.82) is 0 Å². The van der Waals surface area contributed by atoms with E-state index in [1.165, 1.54) is 0 Å². The van der Waals surface area contributed by atoms with Crippen molar-refractivity contribution in [3.63, 3.8) is 0 Å². The highest BCUT2D eigenvalue weighted by atomic mass is 14.7. The van der Waals surface area contributed by atoms with Crippen LogP contribution in [0.5, 0.6) is 0 Å². The van der Waals surface area contributed by atoms with Crippen molar-refractivity contribution in [3.05, 3.63) is 24.4 Å². The van der Waals surface area contributed by atoms with Crippen LogP contribution in [0.1, 0.15) is 0 Å². The first-order chi connectivity index (χ1) is 3.00. The standard InChI is InChI=1S/C5H5N/c1-2-4-6-5-3-1/h1-5H/q+1. The minimum Gasteiger partial charge on any atom is -0.0499 e. The van der Waals surface area contributed by atoms with Crippen LogP contribution >= 0.6 is 0 Å². The largest absolute Gasteiger partial charge is 0.242 e. The van der Waals surface area contributed by atoms with Crippen LogP contribution in [-0.2, 0) is 0 Å². The molecule has 0 amide bonds. The summed E-state index contributed by atoms with van der Waals surface area (Å²) >= 11 is 0. The molecule has 0 fully saturated rings. The summed E-state index contributed by atoms with van der Waals surface area (Å²) in [6, 6.07) is 0. The summed E-state index contributed by atoms with van der Waals surface area (Å²) in [4.78, 5) is 3.78. The molecule has 6 heavy (non-hydrogen) atoms. The van der Waals surface area contributed by atoms with E-state index in [-0.39, 0.29) is 0 Å². The first-order valence-electron chi connectivity index (χ1n) is 1.85. The highest BCUT2D eigenvalue weighted by Gasteiger charge is 1.80. The minimum atomic E-state index is 1.75. The first kappa shape index (κ1) is 3.34. The molecule has 0 spiro atoms. The Morgan fingerprint density at radius 2 is 2.00 bits per heavy atom. The lowest BCUT2D eigenvalue weighted by molar-refractivity contribution is 1.40. The van der Waals surface area contributed by atoms with Gasteiger partial charge in [0, 0.05) is 12.2 Å². The molecule has 1 nitrogen and oxygen atoms in total. The molecule has 0 unspecified atom stereocenters. The number of aliphatic imine (C=N–C) groups is 1. The normalized spacial score (nSPS) is 16.0. The maximum atomic E-state index is 3.78. The fourth-order valence-corrected chi connectivity index (χ4v) is 0.313. The Balaban J connectivity index is 2.77. The van der Waals surface area contributed by atoms with Gasteiger partial charge in [-0.2, -0.15) is 0 Å². The van der Waals surface area contributed by atoms with Gasteiger partial charge < -0.3 is 0 Å². The molecule has 0 aromatic heterocycles. The predicted octanol–water partition coefficient (Wildman–Crippen LogP) is 0.476. The smallest absolute Gasteiger partial charge is 0.0499 e. The third kappa shape index (κ3) is 0.549. The van der Waals surface area contributed by atoms with Gasteiger partial charge in [0.25, 0.3) is 0 Å². The summed E-state index contributed by atoms with van der Waals surface area (Å²) in [6.45, 7) is 0. The molecule has 1 aliphatic heterocycles. The van der Waals surface area contributed by atoms with Crippen molar-refractivity contribution >= 4 is 6.21 Å². The number of nitrogens with zero attached hydrogens (tertiary/aromatic N) is 1. The zero-order valence-electron chi connectivity index (χ0n) is 3.33. The van der Waals surface area contributed by atoms with Gasteiger partial charge in [-0.3, -0.25) is 0 Å². The van der Waals surface area contributed by atoms with Crippen LogP contribution in [-0.4, -0.2) is 6.21 Å². The van der Waals surface area contributed by atoms with E-state index in [1.54, 1.807) is 12.4 Å². The van der Waals surface area contributed by atoms with E-state index >= 15 is 0 Å². The molecule has 1 aliphatic rings. The van der Waals surface area contributed by atoms with Gasteiger partial charge in [0.2, 0.25) is 12.4 Å². The lowest BCUT2D eigenvalue weighted by atomic mass is 10.4. The number of allylic oxidation sites excluding steroid dienone is 3. The van der Waals surface area contributed by atoms with Gasteiger partial charge in [0.15, 0.2) is 0 Å². The maximum Gasteiger partial charge on any atom is 0.242 e. The van der Waals surface area contributed by atoms with Crippen LogP contribution in [0.2, 0.25) is 0 Å². The van der Waals surface area contributed by atoms with Crippen LogP contribution in [0.15, 0.2) is 24.4 Å². The summed E-state index contributed by atoms with van der Waals surface area (Å²) < 4.78 is 0. The first-order valence-corrected chi connectivity index (χ1v) is 1.85. The Bertz CT molecular complexity index is 73.3. The molecule has 0 N–H and O–H groups in total. The molecule has 0 saturated heterocycles. The summed E-state index contributed by atoms with van der Waals surface area (Å²) in [5.41, 5.74) is 0. The third-order valence-corrected chi connectivity index (χ3v) is 0.566. The van der Waals surface area contributed by atoms with E-state index in [1.807, 2.05) is 18.2 Å². The Labute approximate surface area is 36.7 Å². The Kier molecular flexibility index (Phi) is 0.865. The molecule has 1 heterocycles. The van der Waals surface area contributed by atoms with E-state index in [0.717, 1.165) is 0 Å². The van der Waals surface area contributed by atoms with E-state index < -0.39 is 0 Å². The lowest BCUT2D eigenvalue weighted by Gasteiger charge is -1.63. The van der Waals surface area contributed by atoms with Crippen molar-refractivity contribution in [2.45, 2.75) is 0 Å². The molecular weight excluding hydrogens is 74.1 g/mol. The highest BCUT2D eigenvalue weighted by Crippen LogP contribution is 1.74. The van der Waals surface area contributed by atoms with E-state index in [2.05, 4.69) is 4.99 Å². The topological polar surface area (TPSA) is 14.1 Å². The fourth-order valence-electron chi connectivity index (χ4n) is 0.313. The van der Waals surface area contributed by atoms with Crippen LogP contribution in [0, 0.1) is 0 Å². The second-order valence-electron chi connectivity index (χ2n) is 1.02. The number of rotatable bonds is 0. The molecule has 29 valence electrons. The Hall–Kier alpha value is -0.850. The summed E-state index contributed by atoms with van der Waals surface area (Å²) in [6.07, 6.45) is 9.22. The minimum absolute atomic E-state index is 1.75. The van der Waals surface area contributed by atoms with Crippen molar-refractivity contribution < 1.29 is 0 Å². The second kappa shape index (κ2) is 1.55. The van der Waals surface area contributed by atoms with Gasteiger partial charge in [-0.1, -0.05) is 0 Å². The van der Waals surface area contributed by atoms with Gasteiger partial charge in [0.1, 0.15) is 0 Å². The molecule has 0 aromatic carbocycles. The molecule has 0 saturated carbocycles. The fraction of sp³-hybridized carbons (Fsp3) is 0. The number of hydrogen-bond acceptors (Lipinski definition) is 1. The van der Waals surface area contributed by atoms with Crippen LogP contribution < -0.4 is 4.99 Å². The molecule has 0 atom stereocenters. The maximum absolute atomic E-state index is 3.78. The average molecular weight is 79.1 g/mol.